The molecule has 1 aliphatic heterocycles. The third kappa shape index (κ3) is 5.01. The first-order chi connectivity index (χ1) is 16.7. The zero-order valence-electron chi connectivity index (χ0n) is 19.2. The highest BCUT2D eigenvalue weighted by atomic mass is 16.5. The Bertz CT molecular complexity index is 1140. The minimum absolute atomic E-state index is 0.111. The monoisotopic (exact) mass is 463 g/mol. The van der Waals surface area contributed by atoms with Gasteiger partial charge in [0.1, 0.15) is 17.8 Å². The lowest BCUT2D eigenvalue weighted by molar-refractivity contribution is 0.0958. The van der Waals surface area contributed by atoms with Crippen LogP contribution in [0.2, 0.25) is 0 Å². The van der Waals surface area contributed by atoms with Gasteiger partial charge < -0.3 is 25.0 Å². The van der Waals surface area contributed by atoms with E-state index in [1.165, 1.54) is 0 Å². The van der Waals surface area contributed by atoms with Crippen LogP contribution in [0.4, 0.5) is 11.6 Å². The summed E-state index contributed by atoms with van der Waals surface area (Å²) < 4.78 is 12.0. The predicted molar refractivity (Wildman–Crippen MR) is 128 cm³/mol. The number of morpholine rings is 1. The molecule has 0 atom stereocenters. The quantitative estimate of drug-likeness (QED) is 0.569. The summed E-state index contributed by atoms with van der Waals surface area (Å²) in [7, 11) is 1.59. The molecule has 10 heteroatoms. The summed E-state index contributed by atoms with van der Waals surface area (Å²) in [6.45, 7) is 3.17. The lowest BCUT2D eigenvalue weighted by Gasteiger charge is -2.31. The minimum atomic E-state index is -0.224. The third-order valence-corrected chi connectivity index (χ3v) is 6.36. The van der Waals surface area contributed by atoms with Gasteiger partial charge in [-0.05, 0) is 37.8 Å². The van der Waals surface area contributed by atoms with Crippen LogP contribution in [-0.4, -0.2) is 71.3 Å². The van der Waals surface area contributed by atoms with Crippen molar-refractivity contribution < 1.29 is 14.3 Å². The molecule has 5 rings (SSSR count). The Kier molecular flexibility index (Phi) is 6.66. The highest BCUT2D eigenvalue weighted by molar-refractivity contribution is 5.92. The van der Waals surface area contributed by atoms with E-state index in [9.17, 15) is 4.79 Å². The predicted octanol–water partition coefficient (Wildman–Crippen LogP) is 2.42. The first kappa shape index (κ1) is 22.3. The van der Waals surface area contributed by atoms with E-state index >= 15 is 0 Å². The van der Waals surface area contributed by atoms with Crippen LogP contribution in [0.1, 0.15) is 36.2 Å². The smallest absolute Gasteiger partial charge is 0.269 e. The fourth-order valence-electron chi connectivity index (χ4n) is 4.51. The van der Waals surface area contributed by atoms with Crippen LogP contribution < -0.4 is 20.3 Å². The van der Waals surface area contributed by atoms with Gasteiger partial charge in [-0.25, -0.2) is 19.9 Å². The summed E-state index contributed by atoms with van der Waals surface area (Å²) in [5, 5.41) is 6.89. The molecule has 34 heavy (non-hydrogen) atoms. The highest BCUT2D eigenvalue weighted by Gasteiger charge is 2.24. The van der Waals surface area contributed by atoms with E-state index in [1.54, 1.807) is 25.6 Å². The van der Waals surface area contributed by atoms with E-state index in [1.807, 2.05) is 6.20 Å². The summed E-state index contributed by atoms with van der Waals surface area (Å²) >= 11 is 0. The second kappa shape index (κ2) is 10.2. The Balaban J connectivity index is 1.25. The number of fused-ring (bicyclic) bond motifs is 1. The average Bonchev–Trinajstić information content (AvgIpc) is 2.90. The topological polar surface area (TPSA) is 114 Å². The molecular formula is C24H29N7O3. The molecule has 0 unspecified atom stereocenters. The van der Waals surface area contributed by atoms with Crippen molar-refractivity contribution in [3.63, 3.8) is 0 Å². The molecule has 3 heterocycles. The first-order valence-electron chi connectivity index (χ1n) is 11.7. The second-order valence-electron chi connectivity index (χ2n) is 8.58. The zero-order valence-corrected chi connectivity index (χ0v) is 19.2. The molecule has 10 nitrogen and oxygen atoms in total. The maximum absolute atomic E-state index is 11.8. The van der Waals surface area contributed by atoms with Crippen molar-refractivity contribution >= 4 is 28.4 Å². The molecule has 1 aliphatic carbocycles. The molecular weight excluding hydrogens is 434 g/mol. The number of nitrogens with zero attached hydrogens (tertiary/aromatic N) is 5. The number of nitrogens with one attached hydrogen (secondary N) is 2. The van der Waals surface area contributed by atoms with Gasteiger partial charge >= 0.3 is 0 Å². The molecule has 0 bridgehead atoms. The van der Waals surface area contributed by atoms with Crippen LogP contribution in [0.15, 0.2) is 36.9 Å². The fraction of sp³-hybridized carbons (Fsp3) is 0.458. The van der Waals surface area contributed by atoms with Gasteiger partial charge in [0.05, 0.1) is 30.2 Å². The van der Waals surface area contributed by atoms with Crippen molar-refractivity contribution in [2.45, 2.75) is 37.8 Å². The number of carbonyl (C=O) groups excluding carboxylic acids is 1. The van der Waals surface area contributed by atoms with Crippen LogP contribution in [-0.2, 0) is 4.74 Å². The molecule has 178 valence electrons. The zero-order chi connectivity index (χ0) is 23.3. The molecule has 2 N–H and O–H groups in total. The summed E-state index contributed by atoms with van der Waals surface area (Å²) in [6.07, 6.45) is 8.78. The number of benzene rings is 1. The largest absolute Gasteiger partial charge is 0.490 e. The number of ether oxygens (including phenoxy) is 2. The maximum Gasteiger partial charge on any atom is 0.269 e. The van der Waals surface area contributed by atoms with Crippen LogP contribution >= 0.6 is 0 Å². The lowest BCUT2D eigenvalue weighted by atomic mass is 9.93. The van der Waals surface area contributed by atoms with Gasteiger partial charge in [0.25, 0.3) is 5.91 Å². The van der Waals surface area contributed by atoms with E-state index in [4.69, 9.17) is 9.47 Å². The van der Waals surface area contributed by atoms with E-state index in [0.717, 1.165) is 74.3 Å². The molecule has 0 radical (unpaired) electrons. The van der Waals surface area contributed by atoms with Crippen molar-refractivity contribution in [2.24, 2.45) is 0 Å². The molecule has 0 spiro atoms. The van der Waals surface area contributed by atoms with Gasteiger partial charge in [0, 0.05) is 50.3 Å². The summed E-state index contributed by atoms with van der Waals surface area (Å²) in [5.41, 5.74) is 2.34. The number of rotatable bonds is 6. The number of hydrogen-bond donors (Lipinski definition) is 2. The van der Waals surface area contributed by atoms with E-state index in [2.05, 4.69) is 47.6 Å². The molecule has 3 aromatic rings. The Morgan fingerprint density at radius 2 is 1.97 bits per heavy atom. The van der Waals surface area contributed by atoms with Gasteiger partial charge in [-0.15, -0.1) is 0 Å². The third-order valence-electron chi connectivity index (χ3n) is 6.36. The molecule has 1 saturated carbocycles. The summed E-state index contributed by atoms with van der Waals surface area (Å²) in [5.74, 6) is 1.09. The molecule has 2 aromatic heterocycles. The first-order valence-corrected chi connectivity index (χ1v) is 11.7. The number of aromatic nitrogens is 4. The lowest BCUT2D eigenvalue weighted by Crippen LogP contribution is -2.36. The second-order valence-corrected chi connectivity index (χ2v) is 8.58. The average molecular weight is 464 g/mol. The van der Waals surface area contributed by atoms with Crippen LogP contribution in [0.3, 0.4) is 0 Å². The summed E-state index contributed by atoms with van der Waals surface area (Å²) in [4.78, 5) is 31.4. The SMILES string of the molecule is CNC(=O)c1ccnc(NC2CCC(Oc3cc(N4CCOCC4)cc4ncncc34)CC2)n1. The minimum Gasteiger partial charge on any atom is -0.490 e. The van der Waals surface area contributed by atoms with Gasteiger partial charge in [0.15, 0.2) is 0 Å². The van der Waals surface area contributed by atoms with E-state index in [0.29, 0.717) is 11.6 Å². The van der Waals surface area contributed by atoms with Crippen molar-refractivity contribution in [3.05, 3.63) is 42.6 Å². The van der Waals surface area contributed by atoms with Crippen molar-refractivity contribution in [1.29, 1.82) is 0 Å². The number of carbonyl (C=O) groups is 1. The number of amides is 1. The van der Waals surface area contributed by atoms with E-state index < -0.39 is 0 Å². The number of anilines is 2. The Hall–Kier alpha value is -3.53. The van der Waals surface area contributed by atoms with E-state index in [-0.39, 0.29) is 18.1 Å². The van der Waals surface area contributed by atoms with Crippen molar-refractivity contribution in [2.75, 3.05) is 43.6 Å². The molecule has 1 aromatic carbocycles. The molecule has 1 saturated heterocycles. The molecule has 2 fully saturated rings. The van der Waals surface area contributed by atoms with Crippen LogP contribution in [0, 0.1) is 0 Å². The van der Waals surface area contributed by atoms with Gasteiger partial charge in [-0.2, -0.15) is 0 Å². The van der Waals surface area contributed by atoms with Gasteiger partial charge in [-0.1, -0.05) is 0 Å². The Labute approximate surface area is 198 Å². The molecule has 2 aliphatic rings. The van der Waals surface area contributed by atoms with Crippen LogP contribution in [0.5, 0.6) is 5.75 Å². The Morgan fingerprint density at radius 3 is 2.76 bits per heavy atom. The van der Waals surface area contributed by atoms with Crippen LogP contribution in [0.25, 0.3) is 10.9 Å². The van der Waals surface area contributed by atoms with Crippen molar-refractivity contribution in [1.82, 2.24) is 25.3 Å². The van der Waals surface area contributed by atoms with Crippen molar-refractivity contribution in [3.8, 4) is 5.75 Å². The van der Waals surface area contributed by atoms with Gasteiger partial charge in [0.2, 0.25) is 5.95 Å². The standard InChI is InChI=1S/C24H29N7O3/c1-25-23(32)20-6-7-27-24(30-20)29-16-2-4-18(5-3-16)34-22-13-17(31-8-10-33-11-9-31)12-21-19(22)14-26-15-28-21/h6-7,12-16,18H,2-5,8-11H2,1H3,(H,25,32)(H,27,29,30). The maximum atomic E-state index is 11.8. The Morgan fingerprint density at radius 1 is 1.15 bits per heavy atom. The number of hydrogen-bond acceptors (Lipinski definition) is 9. The fourth-order valence-corrected chi connectivity index (χ4v) is 4.51. The van der Waals surface area contributed by atoms with Gasteiger partial charge in [-0.3, -0.25) is 4.79 Å². The summed E-state index contributed by atoms with van der Waals surface area (Å²) in [6, 6.07) is 6.05. The molecule has 1 amide bonds. The highest BCUT2D eigenvalue weighted by Crippen LogP contribution is 2.34. The normalized spacial score (nSPS) is 20.7.